The van der Waals surface area contributed by atoms with E-state index in [9.17, 15) is 4.79 Å². The van der Waals surface area contributed by atoms with Crippen LogP contribution in [0.15, 0.2) is 18.6 Å². The first kappa shape index (κ1) is 19.4. The number of nitrogens with one attached hydrogen (secondary N) is 1. The first-order chi connectivity index (χ1) is 12.7. The Morgan fingerprint density at radius 2 is 2.11 bits per heavy atom. The lowest BCUT2D eigenvalue weighted by Crippen LogP contribution is -2.44. The molecule has 0 spiro atoms. The van der Waals surface area contributed by atoms with Crippen LogP contribution in [0, 0.1) is 5.92 Å². The molecule has 0 bridgehead atoms. The summed E-state index contributed by atoms with van der Waals surface area (Å²) in [6.07, 6.45) is 5.74. The molecule has 0 aromatic carbocycles. The van der Waals surface area contributed by atoms with E-state index < -0.39 is 0 Å². The molecule has 1 fully saturated rings. The molecule has 1 N–H and O–H groups in total. The van der Waals surface area contributed by atoms with E-state index in [2.05, 4.69) is 41.2 Å². The van der Waals surface area contributed by atoms with Crippen molar-refractivity contribution in [2.24, 2.45) is 13.0 Å². The molecule has 0 radical (unpaired) electrons. The fraction of sp³-hybridized carbons (Fsp3) is 0.556. The zero-order valence-electron chi connectivity index (χ0n) is 16.2. The van der Waals surface area contributed by atoms with E-state index in [1.807, 2.05) is 24.3 Å². The van der Waals surface area contributed by atoms with Gasteiger partial charge in [-0.05, 0) is 20.8 Å². The molecule has 2 atom stereocenters. The first-order valence-electron chi connectivity index (χ1n) is 8.82. The van der Waals surface area contributed by atoms with Crippen LogP contribution in [-0.4, -0.2) is 49.7 Å². The molecule has 0 saturated carbocycles. The largest absolute Gasteiger partial charge is 0.467 e. The van der Waals surface area contributed by atoms with Gasteiger partial charge in [0.2, 0.25) is 5.91 Å². The highest BCUT2D eigenvalue weighted by Crippen LogP contribution is 2.42. The van der Waals surface area contributed by atoms with Crippen LogP contribution < -0.4 is 10.1 Å². The summed E-state index contributed by atoms with van der Waals surface area (Å²) in [5, 5.41) is 7.96. The molecule has 146 valence electrons. The highest BCUT2D eigenvalue weighted by molar-refractivity contribution is 6.32. The fourth-order valence-corrected chi connectivity index (χ4v) is 3.75. The van der Waals surface area contributed by atoms with Crippen molar-refractivity contribution < 1.29 is 9.53 Å². The standard InChI is InChI=1S/C18H25ClN6O2/c1-18(2,3)25-14(26)6-11(15(25)12-8-22-24(4)10-12)7-20-16-13(19)9-21-17(23-16)27-5/h8-11,15H,6-7H2,1-5H3,(H,20,21,23)/t11-,15+/m0/s1. The van der Waals surface area contributed by atoms with E-state index in [-0.39, 0.29) is 29.4 Å². The van der Waals surface area contributed by atoms with Gasteiger partial charge in [-0.1, -0.05) is 11.6 Å². The number of hydrogen-bond donors (Lipinski definition) is 1. The number of halogens is 1. The summed E-state index contributed by atoms with van der Waals surface area (Å²) < 4.78 is 6.82. The lowest BCUT2D eigenvalue weighted by atomic mass is 9.93. The maximum atomic E-state index is 12.8. The van der Waals surface area contributed by atoms with E-state index in [0.29, 0.717) is 23.8 Å². The van der Waals surface area contributed by atoms with Gasteiger partial charge in [-0.2, -0.15) is 10.1 Å². The molecule has 2 aromatic heterocycles. The van der Waals surface area contributed by atoms with Gasteiger partial charge in [0, 0.05) is 43.2 Å². The van der Waals surface area contributed by atoms with Crippen LogP contribution >= 0.6 is 11.6 Å². The van der Waals surface area contributed by atoms with Gasteiger partial charge in [0.25, 0.3) is 0 Å². The highest BCUT2D eigenvalue weighted by atomic mass is 35.5. The lowest BCUT2D eigenvalue weighted by molar-refractivity contribution is -0.133. The van der Waals surface area contributed by atoms with Gasteiger partial charge in [0.05, 0.1) is 25.5 Å². The summed E-state index contributed by atoms with van der Waals surface area (Å²) in [5.74, 6) is 0.683. The van der Waals surface area contributed by atoms with E-state index in [4.69, 9.17) is 16.3 Å². The quantitative estimate of drug-likeness (QED) is 0.842. The predicted molar refractivity (Wildman–Crippen MR) is 103 cm³/mol. The van der Waals surface area contributed by atoms with Crippen molar-refractivity contribution in [1.82, 2.24) is 24.6 Å². The Morgan fingerprint density at radius 3 is 2.70 bits per heavy atom. The van der Waals surface area contributed by atoms with Crippen molar-refractivity contribution in [3.05, 3.63) is 29.2 Å². The van der Waals surface area contributed by atoms with Crippen molar-refractivity contribution >= 4 is 23.3 Å². The number of ether oxygens (including phenoxy) is 1. The van der Waals surface area contributed by atoms with Crippen LogP contribution in [0.2, 0.25) is 5.02 Å². The number of aromatic nitrogens is 4. The third-order valence-corrected chi connectivity index (χ3v) is 4.93. The van der Waals surface area contributed by atoms with E-state index in [1.165, 1.54) is 13.3 Å². The molecule has 9 heteroatoms. The molecular weight excluding hydrogens is 368 g/mol. The van der Waals surface area contributed by atoms with Gasteiger partial charge in [0.15, 0.2) is 5.82 Å². The molecule has 1 saturated heterocycles. The molecule has 0 aliphatic carbocycles. The molecule has 2 aromatic rings. The van der Waals surface area contributed by atoms with Gasteiger partial charge >= 0.3 is 6.01 Å². The van der Waals surface area contributed by atoms with E-state index >= 15 is 0 Å². The Labute approximate surface area is 163 Å². The lowest BCUT2D eigenvalue weighted by Gasteiger charge is -2.38. The smallest absolute Gasteiger partial charge is 0.318 e. The number of rotatable bonds is 5. The van der Waals surface area contributed by atoms with Crippen molar-refractivity contribution in [2.45, 2.75) is 38.8 Å². The van der Waals surface area contributed by atoms with Crippen LogP contribution in [0.4, 0.5) is 5.82 Å². The minimum absolute atomic E-state index is 0.0537. The monoisotopic (exact) mass is 392 g/mol. The number of anilines is 1. The zero-order valence-corrected chi connectivity index (χ0v) is 17.0. The van der Waals surface area contributed by atoms with Crippen molar-refractivity contribution in [2.75, 3.05) is 19.0 Å². The van der Waals surface area contributed by atoms with Crippen molar-refractivity contribution in [1.29, 1.82) is 0 Å². The Bertz CT molecular complexity index is 831. The number of carbonyl (C=O) groups is 1. The normalized spacial score (nSPS) is 20.2. The molecule has 27 heavy (non-hydrogen) atoms. The fourth-order valence-electron chi connectivity index (χ4n) is 3.59. The zero-order chi connectivity index (χ0) is 19.8. The maximum Gasteiger partial charge on any atom is 0.318 e. The van der Waals surface area contributed by atoms with Crippen LogP contribution in [0.25, 0.3) is 0 Å². The number of aryl methyl sites for hydroxylation is 1. The summed E-state index contributed by atoms with van der Waals surface area (Å²) in [5.41, 5.74) is 0.735. The third-order valence-electron chi connectivity index (χ3n) is 4.66. The van der Waals surface area contributed by atoms with Crippen LogP contribution in [-0.2, 0) is 11.8 Å². The Morgan fingerprint density at radius 1 is 1.37 bits per heavy atom. The molecule has 1 aliphatic heterocycles. The molecule has 3 heterocycles. The van der Waals surface area contributed by atoms with Gasteiger partial charge < -0.3 is 15.0 Å². The van der Waals surface area contributed by atoms with Crippen molar-refractivity contribution in [3.63, 3.8) is 0 Å². The van der Waals surface area contributed by atoms with Crippen LogP contribution in [0.5, 0.6) is 6.01 Å². The Kier molecular flexibility index (Phi) is 5.28. The molecule has 0 unspecified atom stereocenters. The number of hydrogen-bond acceptors (Lipinski definition) is 6. The second-order valence-electron chi connectivity index (χ2n) is 7.73. The molecule has 3 rings (SSSR count). The third kappa shape index (κ3) is 4.00. The van der Waals surface area contributed by atoms with Gasteiger partial charge in [-0.25, -0.2) is 4.98 Å². The second-order valence-corrected chi connectivity index (χ2v) is 8.13. The van der Waals surface area contributed by atoms with E-state index in [1.54, 1.807) is 4.68 Å². The topological polar surface area (TPSA) is 85.2 Å². The summed E-state index contributed by atoms with van der Waals surface area (Å²) in [6, 6.07) is 0.172. The molecule has 1 amide bonds. The summed E-state index contributed by atoms with van der Waals surface area (Å²) >= 11 is 6.19. The SMILES string of the molecule is COc1ncc(Cl)c(NC[C@@H]2CC(=O)N(C(C)(C)C)[C@H]2c2cnn(C)c2)n1. The number of nitrogens with zero attached hydrogens (tertiary/aromatic N) is 5. The number of methoxy groups -OCH3 is 1. The maximum absolute atomic E-state index is 12.8. The van der Waals surface area contributed by atoms with E-state index in [0.717, 1.165) is 5.56 Å². The summed E-state index contributed by atoms with van der Waals surface area (Å²) in [6.45, 7) is 6.69. The molecular formula is C18H25ClN6O2. The Balaban J connectivity index is 1.86. The van der Waals surface area contributed by atoms with Crippen molar-refractivity contribution in [3.8, 4) is 6.01 Å². The average Bonchev–Trinajstić information content (AvgIpc) is 3.16. The van der Waals surface area contributed by atoms with Gasteiger partial charge in [-0.3, -0.25) is 9.48 Å². The Hall–Kier alpha value is -2.35. The predicted octanol–water partition coefficient (Wildman–Crippen LogP) is 2.67. The van der Waals surface area contributed by atoms with Gasteiger partial charge in [-0.15, -0.1) is 0 Å². The average molecular weight is 393 g/mol. The second kappa shape index (κ2) is 7.34. The minimum Gasteiger partial charge on any atom is -0.467 e. The van der Waals surface area contributed by atoms with Crippen LogP contribution in [0.1, 0.15) is 38.8 Å². The summed E-state index contributed by atoms with van der Waals surface area (Å²) in [7, 11) is 3.38. The number of likely N-dealkylation sites (tertiary alicyclic amines) is 1. The summed E-state index contributed by atoms with van der Waals surface area (Å²) in [4.78, 5) is 23.0. The molecule has 1 aliphatic rings. The number of amides is 1. The molecule has 8 nitrogen and oxygen atoms in total. The highest BCUT2D eigenvalue weighted by Gasteiger charge is 2.45. The first-order valence-corrected chi connectivity index (χ1v) is 9.19. The van der Waals surface area contributed by atoms with Gasteiger partial charge in [0.1, 0.15) is 5.02 Å². The van der Waals surface area contributed by atoms with Crippen LogP contribution in [0.3, 0.4) is 0 Å². The number of carbonyl (C=O) groups excluding carboxylic acids is 1. The minimum atomic E-state index is -0.290.